The molecule has 0 fully saturated rings. The van der Waals surface area contributed by atoms with Crippen LogP contribution in [0.15, 0.2) is 35.2 Å². The van der Waals surface area contributed by atoms with Crippen molar-refractivity contribution >= 4 is 24.4 Å². The average Bonchev–Trinajstić information content (AvgIpc) is 2.19. The van der Waals surface area contributed by atoms with Crippen LogP contribution in [0.5, 0.6) is 0 Å². The lowest BCUT2D eigenvalue weighted by Crippen LogP contribution is -1.82. The van der Waals surface area contributed by atoms with Gasteiger partial charge in [-0.25, -0.2) is 0 Å². The molecule has 1 aromatic rings. The third kappa shape index (κ3) is 5.27. The summed E-state index contributed by atoms with van der Waals surface area (Å²) >= 11 is 6.13. The van der Waals surface area contributed by atoms with Gasteiger partial charge in [0.15, 0.2) is 0 Å². The van der Waals surface area contributed by atoms with Crippen molar-refractivity contribution < 1.29 is 0 Å². The number of hydrogen-bond donors (Lipinski definition) is 1. The molecule has 0 saturated carbocycles. The summed E-state index contributed by atoms with van der Waals surface area (Å²) in [6, 6.07) is 10.6. The molecule has 0 aliphatic heterocycles. The molecule has 0 aliphatic rings. The van der Waals surface area contributed by atoms with E-state index in [4.69, 9.17) is 0 Å². The Morgan fingerprint density at radius 3 is 2.46 bits per heavy atom. The van der Waals surface area contributed by atoms with Gasteiger partial charge in [0, 0.05) is 4.90 Å². The first-order valence-electron chi connectivity index (χ1n) is 4.72. The van der Waals surface area contributed by atoms with Gasteiger partial charge >= 0.3 is 0 Å². The third-order valence-corrected chi connectivity index (χ3v) is 3.23. The number of rotatable bonds is 6. The van der Waals surface area contributed by atoms with Gasteiger partial charge in [0.25, 0.3) is 0 Å². The average molecular weight is 212 g/mol. The summed E-state index contributed by atoms with van der Waals surface area (Å²) in [5.74, 6) is 2.26. The molecule has 0 heterocycles. The summed E-state index contributed by atoms with van der Waals surface area (Å²) in [6.45, 7) is 0. The van der Waals surface area contributed by atoms with E-state index in [1.54, 1.807) is 0 Å². The van der Waals surface area contributed by atoms with Gasteiger partial charge in [0.2, 0.25) is 0 Å². The number of benzene rings is 1. The maximum atomic E-state index is 4.19. The van der Waals surface area contributed by atoms with E-state index in [1.165, 1.54) is 29.9 Å². The van der Waals surface area contributed by atoms with Crippen LogP contribution in [0, 0.1) is 0 Å². The van der Waals surface area contributed by atoms with Crippen molar-refractivity contribution in [2.24, 2.45) is 0 Å². The topological polar surface area (TPSA) is 0 Å². The lowest BCUT2D eigenvalue weighted by molar-refractivity contribution is 0.787. The first-order chi connectivity index (χ1) is 6.43. The molecular weight excluding hydrogens is 196 g/mol. The van der Waals surface area contributed by atoms with Crippen molar-refractivity contribution in [3.8, 4) is 0 Å². The van der Waals surface area contributed by atoms with E-state index in [2.05, 4.69) is 43.0 Å². The molecule has 1 aromatic carbocycles. The smallest absolute Gasteiger partial charge is 0.00719 e. The van der Waals surface area contributed by atoms with Gasteiger partial charge in [-0.15, -0.1) is 11.8 Å². The predicted octanol–water partition coefficient (Wildman–Crippen LogP) is 3.88. The molecule has 0 N–H and O–H groups in total. The number of unbranched alkanes of at least 4 members (excludes halogenated alkanes) is 2. The molecule has 0 spiro atoms. The Labute approximate surface area is 90.5 Å². The van der Waals surface area contributed by atoms with E-state index >= 15 is 0 Å². The quantitative estimate of drug-likeness (QED) is 0.424. The fourth-order valence-electron chi connectivity index (χ4n) is 1.10. The molecular formula is C11H16S2. The summed E-state index contributed by atoms with van der Waals surface area (Å²) in [5, 5.41) is 0. The highest BCUT2D eigenvalue weighted by Gasteiger charge is 1.92. The molecule has 0 aliphatic carbocycles. The zero-order chi connectivity index (χ0) is 9.36. The zero-order valence-electron chi connectivity index (χ0n) is 7.78. The molecule has 0 saturated heterocycles. The van der Waals surface area contributed by atoms with Crippen LogP contribution < -0.4 is 0 Å². The highest BCUT2D eigenvalue weighted by molar-refractivity contribution is 7.99. The Morgan fingerprint density at radius 1 is 1.00 bits per heavy atom. The maximum absolute atomic E-state index is 4.19. The van der Waals surface area contributed by atoms with E-state index in [0.29, 0.717) is 0 Å². The summed E-state index contributed by atoms with van der Waals surface area (Å²) < 4.78 is 0. The lowest BCUT2D eigenvalue weighted by atomic mass is 10.3. The SMILES string of the molecule is SCCCCCSc1ccccc1. The summed E-state index contributed by atoms with van der Waals surface area (Å²) in [7, 11) is 0. The first kappa shape index (κ1) is 11.0. The fraction of sp³-hybridized carbons (Fsp3) is 0.455. The number of hydrogen-bond acceptors (Lipinski definition) is 2. The van der Waals surface area contributed by atoms with Gasteiger partial charge in [-0.2, -0.15) is 12.6 Å². The van der Waals surface area contributed by atoms with Crippen LogP contribution in [0.25, 0.3) is 0 Å². The molecule has 0 nitrogen and oxygen atoms in total. The first-order valence-corrected chi connectivity index (χ1v) is 6.34. The van der Waals surface area contributed by atoms with E-state index in [1.807, 2.05) is 11.8 Å². The van der Waals surface area contributed by atoms with Crippen LogP contribution >= 0.6 is 24.4 Å². The minimum atomic E-state index is 1.02. The monoisotopic (exact) mass is 212 g/mol. The molecule has 2 heteroatoms. The Balaban J connectivity index is 2.07. The van der Waals surface area contributed by atoms with Crippen molar-refractivity contribution in [1.29, 1.82) is 0 Å². The molecule has 0 aromatic heterocycles. The molecule has 1 rings (SSSR count). The second-order valence-electron chi connectivity index (χ2n) is 2.95. The molecule has 0 unspecified atom stereocenters. The molecule has 72 valence electrons. The Bertz CT molecular complexity index is 209. The minimum absolute atomic E-state index is 1.02. The van der Waals surface area contributed by atoms with Gasteiger partial charge in [0.05, 0.1) is 0 Å². The highest BCUT2D eigenvalue weighted by atomic mass is 32.2. The minimum Gasteiger partial charge on any atom is -0.179 e. The molecule has 0 radical (unpaired) electrons. The zero-order valence-corrected chi connectivity index (χ0v) is 9.49. The van der Waals surface area contributed by atoms with E-state index in [0.717, 1.165) is 5.75 Å². The highest BCUT2D eigenvalue weighted by Crippen LogP contribution is 2.18. The van der Waals surface area contributed by atoms with Crippen molar-refractivity contribution in [2.45, 2.75) is 24.2 Å². The summed E-state index contributed by atoms with van der Waals surface area (Å²) in [4.78, 5) is 1.38. The Morgan fingerprint density at radius 2 is 1.77 bits per heavy atom. The number of thiol groups is 1. The molecule has 0 bridgehead atoms. The van der Waals surface area contributed by atoms with Crippen LogP contribution in [-0.2, 0) is 0 Å². The van der Waals surface area contributed by atoms with Crippen molar-refractivity contribution in [3.63, 3.8) is 0 Å². The van der Waals surface area contributed by atoms with Gasteiger partial charge < -0.3 is 0 Å². The van der Waals surface area contributed by atoms with Gasteiger partial charge in [-0.1, -0.05) is 24.6 Å². The Kier molecular flexibility index (Phi) is 6.21. The number of thioether (sulfide) groups is 1. The second kappa shape index (κ2) is 7.34. The van der Waals surface area contributed by atoms with Crippen LogP contribution in [0.3, 0.4) is 0 Å². The molecule has 0 atom stereocenters. The Hall–Kier alpha value is -0.0800. The van der Waals surface area contributed by atoms with Crippen LogP contribution in [0.1, 0.15) is 19.3 Å². The van der Waals surface area contributed by atoms with E-state index in [-0.39, 0.29) is 0 Å². The lowest BCUT2D eigenvalue weighted by Gasteiger charge is -2.00. The van der Waals surface area contributed by atoms with Crippen LogP contribution in [0.4, 0.5) is 0 Å². The van der Waals surface area contributed by atoms with Crippen molar-refractivity contribution in [3.05, 3.63) is 30.3 Å². The van der Waals surface area contributed by atoms with Gasteiger partial charge in [-0.3, -0.25) is 0 Å². The van der Waals surface area contributed by atoms with Gasteiger partial charge in [0.1, 0.15) is 0 Å². The van der Waals surface area contributed by atoms with Crippen molar-refractivity contribution in [1.82, 2.24) is 0 Å². The van der Waals surface area contributed by atoms with Crippen LogP contribution in [-0.4, -0.2) is 11.5 Å². The van der Waals surface area contributed by atoms with Gasteiger partial charge in [-0.05, 0) is 36.5 Å². The normalized spacial score (nSPS) is 10.2. The predicted molar refractivity (Wildman–Crippen MR) is 64.9 cm³/mol. The van der Waals surface area contributed by atoms with Crippen molar-refractivity contribution in [2.75, 3.05) is 11.5 Å². The maximum Gasteiger partial charge on any atom is 0.00719 e. The second-order valence-corrected chi connectivity index (χ2v) is 4.56. The van der Waals surface area contributed by atoms with Crippen LogP contribution in [0.2, 0.25) is 0 Å². The largest absolute Gasteiger partial charge is 0.179 e. The third-order valence-electron chi connectivity index (χ3n) is 1.81. The molecule has 0 amide bonds. The van der Waals surface area contributed by atoms with E-state index in [9.17, 15) is 0 Å². The standard InChI is InChI=1S/C11H16S2/c12-9-5-2-6-10-13-11-7-3-1-4-8-11/h1,3-4,7-8,12H,2,5-6,9-10H2. The summed E-state index contributed by atoms with van der Waals surface area (Å²) in [5.41, 5.74) is 0. The fourth-order valence-corrected chi connectivity index (χ4v) is 2.25. The van der Waals surface area contributed by atoms with E-state index < -0.39 is 0 Å². The molecule has 13 heavy (non-hydrogen) atoms. The summed E-state index contributed by atoms with van der Waals surface area (Å²) in [6.07, 6.45) is 3.86.